The minimum atomic E-state index is -4.86. The van der Waals surface area contributed by atoms with Gasteiger partial charge in [-0.15, -0.1) is 0 Å². The lowest BCUT2D eigenvalue weighted by Gasteiger charge is -2.11. The zero-order valence-corrected chi connectivity index (χ0v) is 12.7. The summed E-state index contributed by atoms with van der Waals surface area (Å²) in [5, 5.41) is 8.79. The predicted octanol–water partition coefficient (Wildman–Crippen LogP) is 2.84. The molecule has 0 saturated carbocycles. The van der Waals surface area contributed by atoms with Crippen LogP contribution in [0, 0.1) is 17.5 Å². The van der Waals surface area contributed by atoms with Crippen LogP contribution in [0.25, 0.3) is 0 Å². The highest BCUT2D eigenvalue weighted by molar-refractivity contribution is 7.71. The number of nitrogens with zero attached hydrogens (tertiary/aromatic N) is 2. The van der Waals surface area contributed by atoms with Crippen LogP contribution in [0.3, 0.4) is 0 Å². The van der Waals surface area contributed by atoms with Gasteiger partial charge in [0.15, 0.2) is 4.77 Å². The summed E-state index contributed by atoms with van der Waals surface area (Å²) in [7, 11) is 0. The van der Waals surface area contributed by atoms with E-state index in [9.17, 15) is 22.4 Å². The number of hydrogen-bond acceptors (Lipinski definition) is 3. The molecule has 1 amide bonds. The maximum atomic E-state index is 13.8. The number of nitrogens with one attached hydrogen (secondary N) is 2. The Hall–Kier alpha value is -2.23. The number of aromatic nitrogens is 3. The van der Waals surface area contributed by atoms with Gasteiger partial charge in [-0.1, -0.05) is 6.07 Å². The zero-order chi connectivity index (χ0) is 17.2. The summed E-state index contributed by atoms with van der Waals surface area (Å²) in [5.74, 6) is -1.93. The van der Waals surface area contributed by atoms with E-state index in [4.69, 9.17) is 12.2 Å². The molecule has 0 atom stereocenters. The highest BCUT2D eigenvalue weighted by Crippen LogP contribution is 2.32. The molecule has 2 aromatic rings. The molecule has 124 valence electrons. The maximum absolute atomic E-state index is 13.8. The van der Waals surface area contributed by atoms with Crippen LogP contribution in [0.1, 0.15) is 21.7 Å². The summed E-state index contributed by atoms with van der Waals surface area (Å²) in [6.45, 7) is 2.01. The van der Waals surface area contributed by atoms with Crippen molar-refractivity contribution in [1.29, 1.82) is 0 Å². The standard InChI is InChI=1S/C13H12F4N4OS/c1-7-19-20-12(23)21(7)6-5-18-11(22)8-3-2-4-9(10(8)14)13(15,16)17/h2-4H,5-6H2,1H3,(H,18,22)(H,20,23). The lowest BCUT2D eigenvalue weighted by atomic mass is 10.1. The van der Waals surface area contributed by atoms with Gasteiger partial charge in [-0.2, -0.15) is 18.3 Å². The van der Waals surface area contributed by atoms with Gasteiger partial charge in [0.25, 0.3) is 5.91 Å². The van der Waals surface area contributed by atoms with Gasteiger partial charge >= 0.3 is 6.18 Å². The molecule has 1 aromatic heterocycles. The molecular formula is C13H12F4N4OS. The Morgan fingerprint density at radius 1 is 1.43 bits per heavy atom. The largest absolute Gasteiger partial charge is 0.419 e. The summed E-state index contributed by atoms with van der Waals surface area (Å²) in [4.78, 5) is 11.9. The van der Waals surface area contributed by atoms with Crippen LogP contribution >= 0.6 is 12.2 Å². The van der Waals surface area contributed by atoms with Crippen LogP contribution in [-0.4, -0.2) is 27.2 Å². The van der Waals surface area contributed by atoms with E-state index < -0.39 is 29.0 Å². The molecule has 2 N–H and O–H groups in total. The number of H-pyrrole nitrogens is 1. The molecule has 0 radical (unpaired) electrons. The Labute approximate surface area is 133 Å². The molecule has 2 rings (SSSR count). The van der Waals surface area contributed by atoms with Gasteiger partial charge in [0.2, 0.25) is 0 Å². The second-order valence-electron chi connectivity index (χ2n) is 4.65. The average molecular weight is 348 g/mol. The number of halogens is 4. The van der Waals surface area contributed by atoms with Crippen LogP contribution in [0.4, 0.5) is 17.6 Å². The van der Waals surface area contributed by atoms with E-state index in [-0.39, 0.29) is 13.1 Å². The van der Waals surface area contributed by atoms with Gasteiger partial charge < -0.3 is 9.88 Å². The van der Waals surface area contributed by atoms with Gasteiger partial charge in [0.05, 0.1) is 11.1 Å². The number of carbonyl (C=O) groups excluding carboxylic acids is 1. The first-order valence-corrected chi connectivity index (χ1v) is 6.88. The highest BCUT2D eigenvalue weighted by atomic mass is 32.1. The van der Waals surface area contributed by atoms with Gasteiger partial charge in [0, 0.05) is 13.1 Å². The monoisotopic (exact) mass is 348 g/mol. The van der Waals surface area contributed by atoms with E-state index in [0.717, 1.165) is 12.1 Å². The SMILES string of the molecule is Cc1n[nH]c(=S)n1CCNC(=O)c1cccc(C(F)(F)F)c1F. The lowest BCUT2D eigenvalue weighted by molar-refractivity contribution is -0.140. The number of benzene rings is 1. The fourth-order valence-corrected chi connectivity index (χ4v) is 2.23. The Balaban J connectivity index is 2.09. The van der Waals surface area contributed by atoms with Crippen molar-refractivity contribution in [3.63, 3.8) is 0 Å². The zero-order valence-electron chi connectivity index (χ0n) is 11.9. The third-order valence-electron chi connectivity index (χ3n) is 3.12. The minimum absolute atomic E-state index is 0.0587. The summed E-state index contributed by atoms with van der Waals surface area (Å²) in [6, 6.07) is 2.56. The van der Waals surface area contributed by atoms with Gasteiger partial charge in [0.1, 0.15) is 11.6 Å². The first-order chi connectivity index (χ1) is 10.7. The number of amides is 1. The molecule has 0 aliphatic heterocycles. The Morgan fingerprint density at radius 3 is 2.70 bits per heavy atom. The van der Waals surface area contributed by atoms with Crippen molar-refractivity contribution in [2.75, 3.05) is 6.54 Å². The Kier molecular flexibility index (Phi) is 4.83. The number of rotatable bonds is 4. The Bertz CT molecular complexity index is 781. The average Bonchev–Trinajstić information content (AvgIpc) is 2.77. The molecule has 1 aromatic carbocycles. The molecule has 0 saturated heterocycles. The van der Waals surface area contributed by atoms with Crippen molar-refractivity contribution < 1.29 is 22.4 Å². The van der Waals surface area contributed by atoms with E-state index in [1.54, 1.807) is 11.5 Å². The van der Waals surface area contributed by atoms with Crippen LogP contribution in [0.15, 0.2) is 18.2 Å². The summed E-state index contributed by atoms with van der Waals surface area (Å²) < 4.78 is 53.6. The molecule has 0 aliphatic rings. The number of carbonyl (C=O) groups is 1. The van der Waals surface area contributed by atoms with Crippen molar-refractivity contribution in [1.82, 2.24) is 20.1 Å². The fourth-order valence-electron chi connectivity index (χ4n) is 1.96. The number of hydrogen-bond donors (Lipinski definition) is 2. The summed E-state index contributed by atoms with van der Waals surface area (Å²) in [5.41, 5.74) is -2.13. The van der Waals surface area contributed by atoms with Crippen molar-refractivity contribution in [2.45, 2.75) is 19.6 Å². The minimum Gasteiger partial charge on any atom is -0.350 e. The summed E-state index contributed by atoms with van der Waals surface area (Å²) in [6.07, 6.45) is -4.86. The molecule has 5 nitrogen and oxygen atoms in total. The van der Waals surface area contributed by atoms with Crippen LogP contribution in [0.5, 0.6) is 0 Å². The number of aryl methyl sites for hydroxylation is 1. The van der Waals surface area contributed by atoms with Crippen LogP contribution in [-0.2, 0) is 12.7 Å². The molecule has 0 bridgehead atoms. The molecule has 0 aliphatic carbocycles. The highest BCUT2D eigenvalue weighted by Gasteiger charge is 2.35. The smallest absolute Gasteiger partial charge is 0.350 e. The molecule has 10 heteroatoms. The van der Waals surface area contributed by atoms with E-state index in [1.807, 2.05) is 0 Å². The molecule has 0 unspecified atom stereocenters. The predicted molar refractivity (Wildman–Crippen MR) is 75.9 cm³/mol. The maximum Gasteiger partial charge on any atom is 0.419 e. The van der Waals surface area contributed by atoms with Gasteiger partial charge in [-0.25, -0.2) is 4.39 Å². The first-order valence-electron chi connectivity index (χ1n) is 6.47. The topological polar surface area (TPSA) is 62.7 Å². The fraction of sp³-hybridized carbons (Fsp3) is 0.308. The normalized spacial score (nSPS) is 11.5. The van der Waals surface area contributed by atoms with E-state index >= 15 is 0 Å². The molecule has 23 heavy (non-hydrogen) atoms. The molecule has 0 spiro atoms. The molecule has 1 heterocycles. The summed E-state index contributed by atoms with van der Waals surface area (Å²) >= 11 is 4.97. The molecular weight excluding hydrogens is 336 g/mol. The van der Waals surface area contributed by atoms with Crippen molar-refractivity contribution >= 4 is 18.1 Å². The van der Waals surface area contributed by atoms with Crippen molar-refractivity contribution in [2.24, 2.45) is 0 Å². The van der Waals surface area contributed by atoms with Gasteiger partial charge in [-0.05, 0) is 31.3 Å². The van der Waals surface area contributed by atoms with Gasteiger partial charge in [-0.3, -0.25) is 9.89 Å². The third-order valence-corrected chi connectivity index (χ3v) is 3.43. The Morgan fingerprint density at radius 2 is 2.13 bits per heavy atom. The second-order valence-corrected chi connectivity index (χ2v) is 5.04. The van der Waals surface area contributed by atoms with E-state index in [1.165, 1.54) is 0 Å². The van der Waals surface area contributed by atoms with Crippen molar-refractivity contribution in [3.8, 4) is 0 Å². The second kappa shape index (κ2) is 6.49. The van der Waals surface area contributed by atoms with Crippen molar-refractivity contribution in [3.05, 3.63) is 45.7 Å². The third kappa shape index (κ3) is 3.76. The number of aromatic amines is 1. The molecule has 0 fully saturated rings. The van der Waals surface area contributed by atoms with E-state index in [0.29, 0.717) is 16.7 Å². The van der Waals surface area contributed by atoms with Crippen LogP contribution < -0.4 is 5.32 Å². The quantitative estimate of drug-likeness (QED) is 0.660. The van der Waals surface area contributed by atoms with Crippen LogP contribution in [0.2, 0.25) is 0 Å². The van der Waals surface area contributed by atoms with E-state index in [2.05, 4.69) is 15.5 Å². The lowest BCUT2D eigenvalue weighted by Crippen LogP contribution is -2.29. The number of alkyl halides is 3. The first kappa shape index (κ1) is 17.1.